The second kappa shape index (κ2) is 7.23. The molecule has 0 aliphatic rings. The van der Waals surface area contributed by atoms with Crippen molar-refractivity contribution in [3.63, 3.8) is 0 Å². The fourth-order valence-electron chi connectivity index (χ4n) is 2.18. The molecule has 3 aromatic rings. The number of rotatable bonds is 4. The second-order valence-electron chi connectivity index (χ2n) is 5.14. The topological polar surface area (TPSA) is 71.0 Å². The van der Waals surface area contributed by atoms with E-state index >= 15 is 0 Å². The van der Waals surface area contributed by atoms with Crippen LogP contribution in [0, 0.1) is 5.82 Å². The van der Waals surface area contributed by atoms with Gasteiger partial charge in [-0.3, -0.25) is 4.79 Å². The van der Waals surface area contributed by atoms with Crippen LogP contribution in [0.4, 0.5) is 21.6 Å². The number of anilines is 3. The summed E-state index contributed by atoms with van der Waals surface area (Å²) in [7, 11) is 1.66. The maximum atomic E-state index is 14.2. The van der Waals surface area contributed by atoms with E-state index in [0.717, 1.165) is 0 Å². The largest absolute Gasteiger partial charge is 0.340 e. The van der Waals surface area contributed by atoms with Crippen LogP contribution in [-0.4, -0.2) is 27.9 Å². The van der Waals surface area contributed by atoms with Crippen LogP contribution >= 0.6 is 11.6 Å². The van der Waals surface area contributed by atoms with Gasteiger partial charge in [0.15, 0.2) is 0 Å². The lowest BCUT2D eigenvalue weighted by Gasteiger charge is -2.19. The van der Waals surface area contributed by atoms with Crippen LogP contribution in [0.5, 0.6) is 0 Å². The van der Waals surface area contributed by atoms with Crippen molar-refractivity contribution in [3.05, 3.63) is 71.7 Å². The summed E-state index contributed by atoms with van der Waals surface area (Å²) in [5.41, 5.74) is 1.10. The molecule has 0 saturated carbocycles. The van der Waals surface area contributed by atoms with Crippen molar-refractivity contribution >= 4 is 34.7 Å². The molecule has 25 heavy (non-hydrogen) atoms. The van der Waals surface area contributed by atoms with Crippen molar-refractivity contribution in [2.75, 3.05) is 17.3 Å². The number of nitrogens with zero attached hydrogens (tertiary/aromatic N) is 4. The highest BCUT2D eigenvalue weighted by Gasteiger charge is 2.15. The fraction of sp³-hybridized carbons (Fsp3) is 0.0588. The smallest absolute Gasteiger partial charge is 0.256 e. The number of carbonyl (C=O) groups is 1. The number of hydrogen-bond acceptors (Lipinski definition) is 5. The summed E-state index contributed by atoms with van der Waals surface area (Å²) in [6.45, 7) is 0. The minimum Gasteiger partial charge on any atom is -0.340 e. The number of benzene rings is 1. The van der Waals surface area contributed by atoms with Crippen molar-refractivity contribution in [1.82, 2.24) is 15.0 Å². The van der Waals surface area contributed by atoms with Crippen molar-refractivity contribution in [1.29, 1.82) is 0 Å². The molecule has 0 aliphatic carbocycles. The zero-order chi connectivity index (χ0) is 17.8. The van der Waals surface area contributed by atoms with Crippen molar-refractivity contribution < 1.29 is 9.18 Å². The molecule has 0 unspecified atom stereocenters. The van der Waals surface area contributed by atoms with Gasteiger partial charge >= 0.3 is 0 Å². The number of amides is 1. The summed E-state index contributed by atoms with van der Waals surface area (Å²) < 4.78 is 14.2. The van der Waals surface area contributed by atoms with Gasteiger partial charge < -0.3 is 10.2 Å². The Balaban J connectivity index is 1.87. The van der Waals surface area contributed by atoms with E-state index in [1.165, 1.54) is 36.8 Å². The molecule has 126 valence electrons. The predicted octanol–water partition coefficient (Wildman–Crippen LogP) is 3.68. The van der Waals surface area contributed by atoms with Crippen molar-refractivity contribution in [2.24, 2.45) is 0 Å². The summed E-state index contributed by atoms with van der Waals surface area (Å²) in [6.07, 6.45) is 5.97. The first-order valence-corrected chi connectivity index (χ1v) is 7.63. The number of pyridine rings is 1. The first kappa shape index (κ1) is 16.8. The van der Waals surface area contributed by atoms with Gasteiger partial charge in [-0.2, -0.15) is 0 Å². The maximum absolute atomic E-state index is 14.2. The molecule has 3 rings (SSSR count). The first-order valence-electron chi connectivity index (χ1n) is 7.26. The third-order valence-electron chi connectivity index (χ3n) is 3.47. The molecule has 0 saturated heterocycles. The molecule has 1 amide bonds. The van der Waals surface area contributed by atoms with Crippen LogP contribution in [0.1, 0.15) is 10.4 Å². The Kier molecular flexibility index (Phi) is 4.85. The zero-order valence-electron chi connectivity index (χ0n) is 13.1. The average Bonchev–Trinajstić information content (AvgIpc) is 2.62. The molecule has 0 radical (unpaired) electrons. The number of halogens is 2. The lowest BCUT2D eigenvalue weighted by Crippen LogP contribution is -2.16. The van der Waals surface area contributed by atoms with Crippen LogP contribution in [0.15, 0.2) is 55.2 Å². The zero-order valence-corrected chi connectivity index (χ0v) is 13.9. The molecule has 2 heterocycles. The summed E-state index contributed by atoms with van der Waals surface area (Å²) in [4.78, 5) is 25.8. The van der Waals surface area contributed by atoms with Crippen molar-refractivity contribution in [2.45, 2.75) is 0 Å². The predicted molar refractivity (Wildman–Crippen MR) is 93.7 cm³/mol. The van der Waals surface area contributed by atoms with Crippen LogP contribution < -0.4 is 10.2 Å². The fourth-order valence-corrected chi connectivity index (χ4v) is 2.34. The van der Waals surface area contributed by atoms with Gasteiger partial charge in [-0.05, 0) is 30.3 Å². The Morgan fingerprint density at radius 1 is 1.20 bits per heavy atom. The molecular weight excluding hydrogens is 345 g/mol. The van der Waals surface area contributed by atoms with E-state index < -0.39 is 11.7 Å². The third-order valence-corrected chi connectivity index (χ3v) is 3.70. The lowest BCUT2D eigenvalue weighted by atomic mass is 10.1. The summed E-state index contributed by atoms with van der Waals surface area (Å²) in [5, 5.41) is 3.08. The molecule has 0 atom stereocenters. The van der Waals surface area contributed by atoms with E-state index in [2.05, 4.69) is 20.3 Å². The molecule has 0 fully saturated rings. The minimum absolute atomic E-state index is 0.224. The van der Waals surface area contributed by atoms with Gasteiger partial charge in [-0.25, -0.2) is 19.3 Å². The Bertz CT molecular complexity index is 907. The lowest BCUT2D eigenvalue weighted by molar-refractivity contribution is 0.102. The normalized spacial score (nSPS) is 10.4. The van der Waals surface area contributed by atoms with Gasteiger partial charge in [0, 0.05) is 23.8 Å². The standard InChI is InChI=1S/C17H13ClFN5O/c1-24(13-8-20-10-21-9-13)15-6-11(2-3-14(15)19)17(25)23-16-7-12(18)4-5-22-16/h2-10H,1H3,(H,22,23,25). The summed E-state index contributed by atoms with van der Waals surface area (Å²) in [5.74, 6) is -0.578. The Morgan fingerprint density at radius 3 is 2.68 bits per heavy atom. The van der Waals surface area contributed by atoms with Crippen molar-refractivity contribution in [3.8, 4) is 0 Å². The van der Waals surface area contributed by atoms with Crippen LogP contribution in [0.25, 0.3) is 0 Å². The number of nitrogens with one attached hydrogen (secondary N) is 1. The molecule has 2 aromatic heterocycles. The Morgan fingerprint density at radius 2 is 1.96 bits per heavy atom. The van der Waals surface area contributed by atoms with E-state index in [1.54, 1.807) is 30.4 Å². The Hall–Kier alpha value is -3.06. The van der Waals surface area contributed by atoms with Crippen LogP contribution in [-0.2, 0) is 0 Å². The highest BCUT2D eigenvalue weighted by Crippen LogP contribution is 2.26. The molecule has 0 bridgehead atoms. The van der Waals surface area contributed by atoms with E-state index in [4.69, 9.17) is 11.6 Å². The van der Waals surface area contributed by atoms with Gasteiger partial charge in [-0.15, -0.1) is 0 Å². The van der Waals surface area contributed by atoms with Crippen LogP contribution in [0.3, 0.4) is 0 Å². The number of aromatic nitrogens is 3. The minimum atomic E-state index is -0.469. The van der Waals surface area contributed by atoms with E-state index in [1.807, 2.05) is 0 Å². The highest BCUT2D eigenvalue weighted by atomic mass is 35.5. The van der Waals surface area contributed by atoms with Gasteiger partial charge in [0.1, 0.15) is 18.0 Å². The number of hydrogen-bond donors (Lipinski definition) is 1. The molecule has 1 aromatic carbocycles. The quantitative estimate of drug-likeness (QED) is 0.771. The molecule has 1 N–H and O–H groups in total. The maximum Gasteiger partial charge on any atom is 0.256 e. The summed E-state index contributed by atoms with van der Waals surface area (Å²) >= 11 is 5.87. The van der Waals surface area contributed by atoms with Gasteiger partial charge in [0.05, 0.1) is 23.8 Å². The Labute approximate surface area is 148 Å². The monoisotopic (exact) mass is 357 g/mol. The van der Waals surface area contributed by atoms with E-state index in [9.17, 15) is 9.18 Å². The van der Waals surface area contributed by atoms with E-state index in [-0.39, 0.29) is 11.3 Å². The summed E-state index contributed by atoms with van der Waals surface area (Å²) in [6, 6.07) is 7.20. The highest BCUT2D eigenvalue weighted by molar-refractivity contribution is 6.30. The molecule has 0 aliphatic heterocycles. The first-order chi connectivity index (χ1) is 12.0. The molecule has 0 spiro atoms. The van der Waals surface area contributed by atoms with Gasteiger partial charge in [0.2, 0.25) is 0 Å². The van der Waals surface area contributed by atoms with Gasteiger partial charge in [-0.1, -0.05) is 11.6 Å². The molecule has 8 heteroatoms. The SMILES string of the molecule is CN(c1cncnc1)c1cc(C(=O)Nc2cc(Cl)ccn2)ccc1F. The average molecular weight is 358 g/mol. The second-order valence-corrected chi connectivity index (χ2v) is 5.57. The van der Waals surface area contributed by atoms with E-state index in [0.29, 0.717) is 16.5 Å². The number of carbonyl (C=O) groups excluding carboxylic acids is 1. The van der Waals surface area contributed by atoms with Crippen LogP contribution in [0.2, 0.25) is 5.02 Å². The molecular formula is C17H13ClFN5O. The third kappa shape index (κ3) is 3.89. The van der Waals surface area contributed by atoms with Gasteiger partial charge in [0.25, 0.3) is 5.91 Å². The molecule has 6 nitrogen and oxygen atoms in total.